The molecule has 1 aromatic heterocycles. The average Bonchev–Trinajstić information content (AvgIpc) is 2.73. The molecule has 3 heteroatoms. The maximum atomic E-state index is 6.18. The van der Waals surface area contributed by atoms with Crippen molar-refractivity contribution < 1.29 is 0 Å². The second-order valence-electron chi connectivity index (χ2n) is 6.24. The summed E-state index contributed by atoms with van der Waals surface area (Å²) in [5.41, 5.74) is 9.01. The van der Waals surface area contributed by atoms with Crippen LogP contribution in [0.1, 0.15) is 63.3 Å². The summed E-state index contributed by atoms with van der Waals surface area (Å²) in [5, 5.41) is 4.58. The van der Waals surface area contributed by atoms with Crippen LogP contribution in [0.25, 0.3) is 0 Å². The lowest BCUT2D eigenvalue weighted by Crippen LogP contribution is -2.34. The molecule has 1 saturated carbocycles. The minimum absolute atomic E-state index is 0.319. The van der Waals surface area contributed by atoms with Gasteiger partial charge in [-0.25, -0.2) is 0 Å². The van der Waals surface area contributed by atoms with Gasteiger partial charge in [-0.2, -0.15) is 5.10 Å². The van der Waals surface area contributed by atoms with E-state index in [1.165, 1.54) is 50.6 Å². The fraction of sp³-hybridized carbons (Fsp3) is 0.812. The van der Waals surface area contributed by atoms with Crippen LogP contribution in [0.3, 0.4) is 0 Å². The first kappa shape index (κ1) is 14.6. The molecular weight excluding hydrogens is 234 g/mol. The van der Waals surface area contributed by atoms with Crippen LogP contribution in [0.4, 0.5) is 0 Å². The molecule has 1 aromatic rings. The molecule has 2 N–H and O–H groups in total. The number of aryl methyl sites for hydroxylation is 2. The van der Waals surface area contributed by atoms with E-state index in [-0.39, 0.29) is 0 Å². The van der Waals surface area contributed by atoms with Gasteiger partial charge >= 0.3 is 0 Å². The lowest BCUT2D eigenvalue weighted by molar-refractivity contribution is 0.212. The molecule has 0 spiro atoms. The van der Waals surface area contributed by atoms with Gasteiger partial charge < -0.3 is 5.73 Å². The topological polar surface area (TPSA) is 43.8 Å². The fourth-order valence-corrected chi connectivity index (χ4v) is 3.51. The van der Waals surface area contributed by atoms with Gasteiger partial charge in [0.15, 0.2) is 0 Å². The summed E-state index contributed by atoms with van der Waals surface area (Å²) in [6.07, 6.45) is 10.5. The maximum absolute atomic E-state index is 6.18. The second-order valence-corrected chi connectivity index (χ2v) is 6.24. The van der Waals surface area contributed by atoms with Gasteiger partial charge in [-0.05, 0) is 51.1 Å². The van der Waals surface area contributed by atoms with Gasteiger partial charge in [-0.3, -0.25) is 4.68 Å². The largest absolute Gasteiger partial charge is 0.330 e. The second kappa shape index (κ2) is 6.56. The van der Waals surface area contributed by atoms with E-state index in [1.807, 2.05) is 0 Å². The third kappa shape index (κ3) is 3.59. The first-order chi connectivity index (χ1) is 9.19. The highest BCUT2D eigenvalue weighted by Gasteiger charge is 2.30. The van der Waals surface area contributed by atoms with Crippen molar-refractivity contribution in [3.63, 3.8) is 0 Å². The number of hydrogen-bond acceptors (Lipinski definition) is 2. The van der Waals surface area contributed by atoms with Crippen LogP contribution in [0.15, 0.2) is 6.07 Å². The molecule has 0 aliphatic heterocycles. The van der Waals surface area contributed by atoms with E-state index < -0.39 is 0 Å². The van der Waals surface area contributed by atoms with Crippen molar-refractivity contribution in [2.45, 2.75) is 71.8 Å². The monoisotopic (exact) mass is 263 g/mol. The molecule has 0 saturated heterocycles. The molecular formula is C16H29N3. The zero-order valence-electron chi connectivity index (χ0n) is 12.6. The smallest absolute Gasteiger partial charge is 0.0596 e. The zero-order valence-corrected chi connectivity index (χ0v) is 12.6. The van der Waals surface area contributed by atoms with Gasteiger partial charge in [-0.15, -0.1) is 0 Å². The number of nitrogens with zero attached hydrogens (tertiary/aromatic N) is 2. The molecule has 0 aromatic carbocycles. The van der Waals surface area contributed by atoms with Gasteiger partial charge in [0.2, 0.25) is 0 Å². The van der Waals surface area contributed by atoms with Gasteiger partial charge in [0.1, 0.15) is 0 Å². The fourth-order valence-electron chi connectivity index (χ4n) is 3.51. The number of nitrogens with two attached hydrogens (primary N) is 1. The highest BCUT2D eigenvalue weighted by atomic mass is 15.3. The maximum Gasteiger partial charge on any atom is 0.0596 e. The Hall–Kier alpha value is -0.830. The van der Waals surface area contributed by atoms with E-state index in [9.17, 15) is 0 Å². The predicted octanol–water partition coefficient (Wildman–Crippen LogP) is 3.44. The Labute approximate surface area is 117 Å². The van der Waals surface area contributed by atoms with Crippen molar-refractivity contribution in [1.29, 1.82) is 0 Å². The number of hydrogen-bond donors (Lipinski definition) is 1. The lowest BCUT2D eigenvalue weighted by atomic mass is 9.73. The highest BCUT2D eigenvalue weighted by molar-refractivity contribution is 5.11. The molecule has 0 radical (unpaired) electrons. The average molecular weight is 263 g/mol. The molecule has 0 amide bonds. The lowest BCUT2D eigenvalue weighted by Gasteiger charge is -2.34. The molecule has 19 heavy (non-hydrogen) atoms. The van der Waals surface area contributed by atoms with E-state index in [0.29, 0.717) is 5.41 Å². The summed E-state index contributed by atoms with van der Waals surface area (Å²) < 4.78 is 2.16. The van der Waals surface area contributed by atoms with Crippen LogP contribution in [0.2, 0.25) is 0 Å². The Kier molecular flexibility index (Phi) is 5.03. The summed E-state index contributed by atoms with van der Waals surface area (Å²) in [6, 6.07) is 2.25. The van der Waals surface area contributed by atoms with Crippen LogP contribution < -0.4 is 5.73 Å². The van der Waals surface area contributed by atoms with Crippen molar-refractivity contribution in [2.24, 2.45) is 11.1 Å². The highest BCUT2D eigenvalue weighted by Crippen LogP contribution is 2.36. The standard InChI is InChI=1S/C16H29N3/c1-3-19-15(11-14(2)18-19)12-16(13-17)9-7-5-4-6-8-10-16/h11H,3-10,12-13,17H2,1-2H3. The third-order valence-electron chi connectivity index (χ3n) is 4.69. The first-order valence-corrected chi connectivity index (χ1v) is 7.92. The van der Waals surface area contributed by atoms with E-state index in [4.69, 9.17) is 5.73 Å². The van der Waals surface area contributed by atoms with Gasteiger partial charge in [0, 0.05) is 12.2 Å². The van der Waals surface area contributed by atoms with Crippen LogP contribution in [0, 0.1) is 12.3 Å². The summed E-state index contributed by atoms with van der Waals surface area (Å²) in [5.74, 6) is 0. The molecule has 3 nitrogen and oxygen atoms in total. The normalized spacial score (nSPS) is 19.9. The molecule has 1 aliphatic rings. The van der Waals surface area contributed by atoms with E-state index in [1.54, 1.807) is 0 Å². The van der Waals surface area contributed by atoms with Crippen molar-refractivity contribution >= 4 is 0 Å². The first-order valence-electron chi connectivity index (χ1n) is 7.92. The molecule has 2 rings (SSSR count). The van der Waals surface area contributed by atoms with Gasteiger partial charge in [-0.1, -0.05) is 32.1 Å². The Bertz CT molecular complexity index is 387. The van der Waals surface area contributed by atoms with E-state index in [0.717, 1.165) is 25.2 Å². The summed E-state index contributed by atoms with van der Waals surface area (Å²) in [7, 11) is 0. The molecule has 1 aliphatic carbocycles. The van der Waals surface area contributed by atoms with Crippen LogP contribution in [-0.4, -0.2) is 16.3 Å². The minimum Gasteiger partial charge on any atom is -0.330 e. The summed E-state index contributed by atoms with van der Waals surface area (Å²) in [4.78, 5) is 0. The van der Waals surface area contributed by atoms with Crippen molar-refractivity contribution in [2.75, 3.05) is 6.54 Å². The SMILES string of the molecule is CCn1nc(C)cc1CC1(CN)CCCCCCC1. The number of aromatic nitrogens is 2. The molecule has 1 fully saturated rings. The van der Waals surface area contributed by atoms with E-state index >= 15 is 0 Å². The molecule has 1 heterocycles. The number of rotatable bonds is 4. The predicted molar refractivity (Wildman–Crippen MR) is 80.1 cm³/mol. The zero-order chi connectivity index (χ0) is 13.7. The van der Waals surface area contributed by atoms with E-state index in [2.05, 4.69) is 29.7 Å². The molecule has 0 unspecified atom stereocenters. The van der Waals surface area contributed by atoms with Crippen molar-refractivity contribution in [1.82, 2.24) is 9.78 Å². The van der Waals surface area contributed by atoms with Crippen LogP contribution >= 0.6 is 0 Å². The quantitative estimate of drug-likeness (QED) is 0.904. The minimum atomic E-state index is 0.319. The molecule has 0 atom stereocenters. The molecule has 0 bridgehead atoms. The molecule has 108 valence electrons. The summed E-state index contributed by atoms with van der Waals surface area (Å²) >= 11 is 0. The Morgan fingerprint density at radius 3 is 2.42 bits per heavy atom. The third-order valence-corrected chi connectivity index (χ3v) is 4.69. The van der Waals surface area contributed by atoms with Crippen molar-refractivity contribution in [3.05, 3.63) is 17.5 Å². The summed E-state index contributed by atoms with van der Waals surface area (Å²) in [6.45, 7) is 6.04. The van der Waals surface area contributed by atoms with Crippen LogP contribution in [0.5, 0.6) is 0 Å². The Morgan fingerprint density at radius 2 is 1.84 bits per heavy atom. The Balaban J connectivity index is 2.15. The van der Waals surface area contributed by atoms with Gasteiger partial charge in [0.05, 0.1) is 5.69 Å². The van der Waals surface area contributed by atoms with Gasteiger partial charge in [0.25, 0.3) is 0 Å². The van der Waals surface area contributed by atoms with Crippen molar-refractivity contribution in [3.8, 4) is 0 Å². The van der Waals surface area contributed by atoms with Crippen LogP contribution in [-0.2, 0) is 13.0 Å². The Morgan fingerprint density at radius 1 is 1.21 bits per heavy atom.